The minimum absolute atomic E-state index is 0.229. The van der Waals surface area contributed by atoms with Crippen LogP contribution in [0, 0.1) is 10.1 Å². The molecule has 110 valence electrons. The molecule has 1 N–H and O–H groups in total. The molecule has 0 aromatic heterocycles. The maximum atomic E-state index is 10.6. The molecule has 0 bridgehead atoms. The molecule has 0 spiro atoms. The molecule has 20 heavy (non-hydrogen) atoms. The molecule has 0 unspecified atom stereocenters. The normalized spacial score (nSPS) is 17.2. The predicted molar refractivity (Wildman–Crippen MR) is 77.0 cm³/mol. The first-order chi connectivity index (χ1) is 9.56. The molecule has 0 aliphatic carbocycles. The van der Waals surface area contributed by atoms with E-state index in [1.807, 2.05) is 0 Å². The average Bonchev–Trinajstić information content (AvgIpc) is 2.41. The van der Waals surface area contributed by atoms with Crippen molar-refractivity contribution in [3.8, 4) is 5.75 Å². The number of phenolic OH excluding ortho intramolecular Hbond substituents is 1. The zero-order chi connectivity index (χ0) is 14.5. The summed E-state index contributed by atoms with van der Waals surface area (Å²) in [5.74, 6) is -0.243. The zero-order valence-corrected chi connectivity index (χ0v) is 11.8. The van der Waals surface area contributed by atoms with E-state index in [4.69, 9.17) is 0 Å². The Hall–Kier alpha value is -1.66. The number of aromatic hydroxyl groups is 1. The standard InChI is InChI=1S/C14H21N3O3/c1-15-7-9-16(10-8-15)6-2-3-12-4-5-13(17(19)20)14(18)11-12/h4-5,11,18H,2-3,6-10H2,1H3. The number of rotatable bonds is 5. The fourth-order valence-electron chi connectivity index (χ4n) is 2.46. The number of hydrogen-bond donors (Lipinski definition) is 1. The number of nitrogens with zero attached hydrogens (tertiary/aromatic N) is 3. The number of nitro groups is 1. The highest BCUT2D eigenvalue weighted by atomic mass is 16.6. The fraction of sp³-hybridized carbons (Fsp3) is 0.571. The van der Waals surface area contributed by atoms with Gasteiger partial charge in [0, 0.05) is 32.2 Å². The van der Waals surface area contributed by atoms with Crippen LogP contribution in [0.1, 0.15) is 12.0 Å². The Labute approximate surface area is 118 Å². The molecule has 1 aromatic rings. The highest BCUT2D eigenvalue weighted by molar-refractivity contribution is 5.47. The van der Waals surface area contributed by atoms with Gasteiger partial charge in [-0.1, -0.05) is 6.07 Å². The molecular weight excluding hydrogens is 258 g/mol. The number of nitro benzene ring substituents is 1. The van der Waals surface area contributed by atoms with Crippen molar-refractivity contribution in [1.29, 1.82) is 0 Å². The summed E-state index contributed by atoms with van der Waals surface area (Å²) < 4.78 is 0. The van der Waals surface area contributed by atoms with Gasteiger partial charge in [-0.3, -0.25) is 10.1 Å². The molecule has 1 aromatic carbocycles. The molecule has 0 radical (unpaired) electrons. The molecule has 6 heteroatoms. The number of hydrogen-bond acceptors (Lipinski definition) is 5. The van der Waals surface area contributed by atoms with Crippen LogP contribution in [0.15, 0.2) is 18.2 Å². The molecule has 0 amide bonds. The molecule has 2 rings (SSSR count). The van der Waals surface area contributed by atoms with Gasteiger partial charge in [-0.2, -0.15) is 0 Å². The molecule has 0 atom stereocenters. The predicted octanol–water partition coefficient (Wildman–Crippen LogP) is 1.48. The first-order valence-corrected chi connectivity index (χ1v) is 6.93. The lowest BCUT2D eigenvalue weighted by Crippen LogP contribution is -2.44. The fourth-order valence-corrected chi connectivity index (χ4v) is 2.46. The highest BCUT2D eigenvalue weighted by Gasteiger charge is 2.14. The Morgan fingerprint density at radius 3 is 2.60 bits per heavy atom. The van der Waals surface area contributed by atoms with Gasteiger partial charge in [0.25, 0.3) is 0 Å². The molecule has 1 heterocycles. The number of likely N-dealkylation sites (N-methyl/N-ethyl adjacent to an activating group) is 1. The van der Waals surface area contributed by atoms with Gasteiger partial charge in [-0.05, 0) is 38.1 Å². The van der Waals surface area contributed by atoms with E-state index in [2.05, 4.69) is 16.8 Å². The van der Waals surface area contributed by atoms with E-state index in [-0.39, 0.29) is 11.4 Å². The van der Waals surface area contributed by atoms with Crippen molar-refractivity contribution in [2.45, 2.75) is 12.8 Å². The van der Waals surface area contributed by atoms with Gasteiger partial charge in [0.05, 0.1) is 4.92 Å². The average molecular weight is 279 g/mol. The number of phenols is 1. The van der Waals surface area contributed by atoms with Crippen LogP contribution in [-0.4, -0.2) is 59.6 Å². The topological polar surface area (TPSA) is 69.9 Å². The Bertz CT molecular complexity index is 471. The van der Waals surface area contributed by atoms with Gasteiger partial charge in [0.1, 0.15) is 0 Å². The van der Waals surface area contributed by atoms with E-state index in [1.165, 1.54) is 12.1 Å². The summed E-state index contributed by atoms with van der Waals surface area (Å²) in [6.07, 6.45) is 1.83. The van der Waals surface area contributed by atoms with Crippen molar-refractivity contribution in [1.82, 2.24) is 9.80 Å². The zero-order valence-electron chi connectivity index (χ0n) is 11.8. The van der Waals surface area contributed by atoms with Crippen LogP contribution in [0.3, 0.4) is 0 Å². The minimum atomic E-state index is -0.566. The van der Waals surface area contributed by atoms with E-state index < -0.39 is 4.92 Å². The second kappa shape index (κ2) is 6.67. The lowest BCUT2D eigenvalue weighted by Gasteiger charge is -2.32. The van der Waals surface area contributed by atoms with Crippen LogP contribution >= 0.6 is 0 Å². The number of piperazine rings is 1. The van der Waals surface area contributed by atoms with Gasteiger partial charge in [-0.15, -0.1) is 0 Å². The van der Waals surface area contributed by atoms with Gasteiger partial charge >= 0.3 is 5.69 Å². The molecule has 0 saturated carbocycles. The van der Waals surface area contributed by atoms with Crippen LogP contribution in [0.4, 0.5) is 5.69 Å². The van der Waals surface area contributed by atoms with E-state index in [9.17, 15) is 15.2 Å². The maximum Gasteiger partial charge on any atom is 0.310 e. The SMILES string of the molecule is CN1CCN(CCCc2ccc([N+](=O)[O-])c(O)c2)CC1. The van der Waals surface area contributed by atoms with Crippen LogP contribution in [0.5, 0.6) is 5.75 Å². The summed E-state index contributed by atoms with van der Waals surface area (Å²) in [4.78, 5) is 14.8. The van der Waals surface area contributed by atoms with Gasteiger partial charge in [0.2, 0.25) is 0 Å². The Balaban J connectivity index is 1.79. The van der Waals surface area contributed by atoms with E-state index >= 15 is 0 Å². The van der Waals surface area contributed by atoms with Gasteiger partial charge < -0.3 is 14.9 Å². The van der Waals surface area contributed by atoms with Crippen molar-refractivity contribution < 1.29 is 10.0 Å². The third kappa shape index (κ3) is 3.91. The van der Waals surface area contributed by atoms with Crippen molar-refractivity contribution >= 4 is 5.69 Å². The summed E-state index contributed by atoms with van der Waals surface area (Å²) in [5, 5.41) is 20.2. The first kappa shape index (κ1) is 14.7. The second-order valence-electron chi connectivity index (χ2n) is 5.33. The van der Waals surface area contributed by atoms with Gasteiger partial charge in [0.15, 0.2) is 5.75 Å². The molecular formula is C14H21N3O3. The lowest BCUT2D eigenvalue weighted by atomic mass is 10.1. The summed E-state index contributed by atoms with van der Waals surface area (Å²) >= 11 is 0. The first-order valence-electron chi connectivity index (χ1n) is 6.93. The Morgan fingerprint density at radius 1 is 1.30 bits per heavy atom. The quantitative estimate of drug-likeness (QED) is 0.653. The number of benzene rings is 1. The van der Waals surface area contributed by atoms with Crippen LogP contribution < -0.4 is 0 Å². The van der Waals surface area contributed by atoms with E-state index in [1.54, 1.807) is 6.07 Å². The maximum absolute atomic E-state index is 10.6. The smallest absolute Gasteiger partial charge is 0.310 e. The van der Waals surface area contributed by atoms with Crippen molar-refractivity contribution in [3.05, 3.63) is 33.9 Å². The van der Waals surface area contributed by atoms with Gasteiger partial charge in [-0.25, -0.2) is 0 Å². The van der Waals surface area contributed by atoms with Crippen molar-refractivity contribution in [2.24, 2.45) is 0 Å². The molecule has 1 aliphatic rings. The third-order valence-electron chi connectivity index (χ3n) is 3.77. The minimum Gasteiger partial charge on any atom is -0.502 e. The summed E-state index contributed by atoms with van der Waals surface area (Å²) in [6, 6.07) is 4.60. The van der Waals surface area contributed by atoms with Crippen LogP contribution in [0.25, 0.3) is 0 Å². The van der Waals surface area contributed by atoms with Crippen molar-refractivity contribution in [3.63, 3.8) is 0 Å². The Morgan fingerprint density at radius 2 is 2.00 bits per heavy atom. The highest BCUT2D eigenvalue weighted by Crippen LogP contribution is 2.26. The monoisotopic (exact) mass is 279 g/mol. The van der Waals surface area contributed by atoms with Crippen LogP contribution in [0.2, 0.25) is 0 Å². The van der Waals surface area contributed by atoms with E-state index in [0.717, 1.165) is 51.1 Å². The molecule has 1 fully saturated rings. The Kier molecular flexibility index (Phi) is 4.92. The molecule has 1 saturated heterocycles. The number of aryl methyl sites for hydroxylation is 1. The summed E-state index contributed by atoms with van der Waals surface area (Å²) in [7, 11) is 2.14. The second-order valence-corrected chi connectivity index (χ2v) is 5.33. The largest absolute Gasteiger partial charge is 0.502 e. The summed E-state index contributed by atoms with van der Waals surface area (Å²) in [6.45, 7) is 5.45. The van der Waals surface area contributed by atoms with Crippen LogP contribution in [-0.2, 0) is 6.42 Å². The molecule has 1 aliphatic heterocycles. The lowest BCUT2D eigenvalue weighted by molar-refractivity contribution is -0.385. The summed E-state index contributed by atoms with van der Waals surface area (Å²) in [5.41, 5.74) is 0.718. The van der Waals surface area contributed by atoms with Crippen molar-refractivity contribution in [2.75, 3.05) is 39.8 Å². The third-order valence-corrected chi connectivity index (χ3v) is 3.77. The molecule has 6 nitrogen and oxygen atoms in total. The van der Waals surface area contributed by atoms with E-state index in [0.29, 0.717) is 0 Å².